The van der Waals surface area contributed by atoms with Crippen molar-refractivity contribution >= 4 is 97.1 Å². The lowest BCUT2D eigenvalue weighted by Crippen LogP contribution is -2.10. The molecule has 1 amide bonds. The molecule has 0 atom stereocenters. The molecule has 722 valence electrons. The average molecular weight is 1940 g/mol. The second-order valence-electron chi connectivity index (χ2n) is 28.8. The Hall–Kier alpha value is -18.7. The largest absolute Gasteiger partial charge is 0.507 e. The van der Waals surface area contributed by atoms with Gasteiger partial charge in [-0.1, -0.05) is 84.9 Å². The average Bonchev–Trinajstić information content (AvgIpc) is 1.61. The Morgan fingerprint density at radius 1 is 0.305 bits per heavy atom. The highest BCUT2D eigenvalue weighted by Gasteiger charge is 2.23. The van der Waals surface area contributed by atoms with E-state index in [0.29, 0.717) is 145 Å². The van der Waals surface area contributed by atoms with E-state index < -0.39 is 70.5 Å². The number of carbonyl (C=O) groups excluding carboxylic acids is 13. The van der Waals surface area contributed by atoms with E-state index in [9.17, 15) is 116 Å². The Bertz CT molecular complexity index is 7010. The zero-order chi connectivity index (χ0) is 103. The molecule has 1 heterocycles. The van der Waals surface area contributed by atoms with E-state index in [-0.39, 0.29) is 97.3 Å². The molecule has 0 spiro atoms. The van der Waals surface area contributed by atoms with E-state index in [1.54, 1.807) is 172 Å². The Morgan fingerprint density at radius 2 is 0.631 bits per heavy atom. The van der Waals surface area contributed by atoms with E-state index in [4.69, 9.17) is 34.5 Å². The van der Waals surface area contributed by atoms with Crippen molar-refractivity contribution in [2.45, 2.75) is 13.8 Å². The number of phenols is 7. The Morgan fingerprint density at radius 3 is 1.04 bits per heavy atom. The monoisotopic (exact) mass is 1940 g/mol. The third-order valence-electron chi connectivity index (χ3n) is 20.1. The molecule has 0 aliphatic rings. The number of nitrogens with two attached hydrogens (primary N) is 1. The van der Waals surface area contributed by atoms with Gasteiger partial charge >= 0.3 is 35.8 Å². The maximum Gasteiger partial charge on any atom is 0.348 e. The normalized spacial score (nSPS) is 10.1. The molecule has 0 radical (unpaired) electrons. The number of rotatable bonds is 26. The quantitative estimate of drug-likeness (QED) is 0.0138. The van der Waals surface area contributed by atoms with Crippen molar-refractivity contribution in [1.29, 1.82) is 0 Å². The molecule has 0 unspecified atom stereocenters. The number of halogens is 3. The van der Waals surface area contributed by atoms with Crippen LogP contribution in [-0.4, -0.2) is 182 Å². The molecule has 35 heteroatoms. The van der Waals surface area contributed by atoms with Crippen LogP contribution in [0.4, 0.5) is 13.2 Å². The van der Waals surface area contributed by atoms with Gasteiger partial charge in [-0.2, -0.15) is 0 Å². The van der Waals surface area contributed by atoms with Crippen LogP contribution in [0.3, 0.4) is 0 Å². The number of thiophene rings is 1. The fourth-order valence-corrected chi connectivity index (χ4v) is 13.8. The minimum Gasteiger partial charge on any atom is -0.507 e. The lowest BCUT2D eigenvalue weighted by molar-refractivity contribution is 0.0519. The van der Waals surface area contributed by atoms with E-state index in [2.05, 4.69) is 14.2 Å². The fraction of sp³-hybridized carbons (Fsp3) is 0.0943. The molecule has 141 heavy (non-hydrogen) atoms. The zero-order valence-corrected chi connectivity index (χ0v) is 76.6. The summed E-state index contributed by atoms with van der Waals surface area (Å²) in [4.78, 5) is 157. The molecular formula is C106H86F3NO30S. The number of esters is 5. The number of carboxylic acids is 1. The van der Waals surface area contributed by atoms with Gasteiger partial charge in [0.2, 0.25) is 5.91 Å². The number of phenolic OH excluding ortho intramolecular Hbond substituents is 7. The number of aromatic hydroxyl groups is 7. The first-order valence-corrected chi connectivity index (χ1v) is 42.1. The number of primary amides is 1. The second kappa shape index (κ2) is 51.7. The standard InChI is InChI=1S/C17H16O5.C16H14O5.2C15H11FO4.C15H14O5S.C14H9FO4.C14H11NO3/c1-3-22-17(20)14-7-5-4-6-13(14)11-8-12(10-18)16(19)15(9-11)21-2;1-20-14-8-12(7-13(9-17)15(14)18)10-4-3-5-11(6-10)16(19)21-2;1-20-15(19)10-4-2-9(3-5-10)11-6-12(8-17)14(18)13(16)7-11;1-20-15(19)10-4-2-3-9(5-10)11-6-12(8-17)14(18)13(16)7-11;1-3-20-15(18)13-5-4-12(21-13)9-6-10(8-16)14(17)11(7-9)19-2;15-12-6-10(5-11(7-16)13(12)17)8-2-1-3-9(4-8)14(18)19;15-14(18)10-3-1-9(2-4-10)11-5-6-13(17)12(7-11)8-16/h4-10,19H,3H2,1-2H3;3-9,18H,1-2H3;2*2-8,18H,1H3;4-8,17H,3H2,1-2H3;1-7,17H,(H,18,19);1-8,17H,(H2,15,18). The lowest BCUT2D eigenvalue weighted by Gasteiger charge is -2.12. The third kappa shape index (κ3) is 28.0. The molecule has 0 fully saturated rings. The first-order valence-electron chi connectivity index (χ1n) is 41.2. The number of hydrogen-bond acceptors (Lipinski definition) is 30. The van der Waals surface area contributed by atoms with Gasteiger partial charge in [-0.25, -0.2) is 41.9 Å². The van der Waals surface area contributed by atoms with Gasteiger partial charge in [0.25, 0.3) is 0 Å². The van der Waals surface area contributed by atoms with Crippen molar-refractivity contribution in [3.05, 3.63) is 343 Å². The Kier molecular flexibility index (Phi) is 39.5. The summed E-state index contributed by atoms with van der Waals surface area (Å²) in [6.07, 6.45) is 3.32. The first-order chi connectivity index (χ1) is 67.6. The van der Waals surface area contributed by atoms with Gasteiger partial charge in [0.15, 0.2) is 113 Å². The predicted octanol–water partition coefficient (Wildman–Crippen LogP) is 19.1. The number of amides is 1. The van der Waals surface area contributed by atoms with Crippen LogP contribution in [0.15, 0.2) is 249 Å². The number of carboxylic acid groups (broad SMARTS) is 1. The number of aromatic carboxylic acids is 1. The number of aldehydes is 7. The number of carbonyl (C=O) groups is 14. The van der Waals surface area contributed by atoms with Crippen LogP contribution in [0.2, 0.25) is 0 Å². The summed E-state index contributed by atoms with van der Waals surface area (Å²) in [5, 5.41) is 75.8. The number of hydrogen-bond donors (Lipinski definition) is 9. The molecule has 13 aromatic carbocycles. The van der Waals surface area contributed by atoms with Crippen molar-refractivity contribution < 1.29 is 159 Å². The zero-order valence-electron chi connectivity index (χ0n) is 75.8. The summed E-state index contributed by atoms with van der Waals surface area (Å²) in [5.74, 6) is -8.73. The molecule has 1 aromatic heterocycles. The van der Waals surface area contributed by atoms with Crippen molar-refractivity contribution in [3.8, 4) is 135 Å². The summed E-state index contributed by atoms with van der Waals surface area (Å²) in [6, 6.07) is 63.7. The molecule has 0 aliphatic carbocycles. The molecule has 0 bridgehead atoms. The van der Waals surface area contributed by atoms with Crippen LogP contribution in [0, 0.1) is 17.5 Å². The highest BCUT2D eigenvalue weighted by atomic mass is 32.1. The van der Waals surface area contributed by atoms with Crippen molar-refractivity contribution in [2.24, 2.45) is 5.73 Å². The van der Waals surface area contributed by atoms with Crippen LogP contribution in [-0.2, 0) is 23.7 Å². The maximum absolute atomic E-state index is 13.5. The molecule has 0 saturated heterocycles. The van der Waals surface area contributed by atoms with Gasteiger partial charge in [-0.15, -0.1) is 11.3 Å². The van der Waals surface area contributed by atoms with Crippen LogP contribution in [0.1, 0.15) is 158 Å². The van der Waals surface area contributed by atoms with Crippen molar-refractivity contribution in [2.75, 3.05) is 55.9 Å². The van der Waals surface area contributed by atoms with E-state index in [1.165, 1.54) is 127 Å². The van der Waals surface area contributed by atoms with E-state index in [1.807, 2.05) is 0 Å². The minimum absolute atomic E-state index is 0.0532. The molecular weight excluding hydrogens is 1860 g/mol. The summed E-state index contributed by atoms with van der Waals surface area (Å²) >= 11 is 1.25. The summed E-state index contributed by atoms with van der Waals surface area (Å²) in [6.45, 7) is 4.06. The van der Waals surface area contributed by atoms with Gasteiger partial charge in [0.05, 0.1) is 123 Å². The van der Waals surface area contributed by atoms with Crippen molar-refractivity contribution in [1.82, 2.24) is 0 Å². The highest BCUT2D eigenvalue weighted by Crippen LogP contribution is 2.41. The van der Waals surface area contributed by atoms with E-state index >= 15 is 0 Å². The van der Waals surface area contributed by atoms with E-state index in [0.717, 1.165) is 34.2 Å². The fourth-order valence-electron chi connectivity index (χ4n) is 12.9. The second-order valence-corrected chi connectivity index (χ2v) is 29.9. The van der Waals surface area contributed by atoms with Crippen LogP contribution in [0.25, 0.3) is 77.2 Å². The van der Waals surface area contributed by atoms with Crippen LogP contribution < -0.4 is 19.9 Å². The number of benzene rings is 13. The highest BCUT2D eigenvalue weighted by molar-refractivity contribution is 7.17. The number of methoxy groups -OCH3 is 6. The third-order valence-corrected chi connectivity index (χ3v) is 21.2. The van der Waals surface area contributed by atoms with Crippen LogP contribution >= 0.6 is 11.3 Å². The molecule has 31 nitrogen and oxygen atoms in total. The van der Waals surface area contributed by atoms with Crippen LogP contribution in [0.5, 0.6) is 57.5 Å². The van der Waals surface area contributed by atoms with Crippen molar-refractivity contribution in [3.63, 3.8) is 0 Å². The summed E-state index contributed by atoms with van der Waals surface area (Å²) in [7, 11) is 8.06. The SMILES string of the molecule is CCOC(=O)c1ccc(-c2cc(C=O)c(O)c(OC)c2)s1.CCOC(=O)c1ccccc1-c1cc(C=O)c(O)c(OC)c1.COC(=O)c1ccc(-c2cc(F)c(O)c(C=O)c2)cc1.COC(=O)c1cccc(-c2cc(C=O)c(O)c(OC)c2)c1.COC(=O)c1cccc(-c2cc(F)c(O)c(C=O)c2)c1.NC(=O)c1ccc(-c2ccc(O)c(C=O)c2)cc1.O=Cc1cc(-c2cccc(C(=O)O)c2)cc(F)c1O. The predicted molar refractivity (Wildman–Crippen MR) is 511 cm³/mol. The molecule has 14 aromatic rings. The maximum atomic E-state index is 13.5. The number of ether oxygens (including phenoxy) is 8. The summed E-state index contributed by atoms with van der Waals surface area (Å²) in [5.41, 5.74) is 14.8. The Balaban J connectivity index is 0.000000202. The van der Waals surface area contributed by atoms with Gasteiger partial charge in [-0.05, 0) is 250 Å². The summed E-state index contributed by atoms with van der Waals surface area (Å²) < 4.78 is 79.5. The lowest BCUT2D eigenvalue weighted by atomic mass is 9.97. The molecule has 10 N–H and O–H groups in total. The van der Waals surface area contributed by atoms with Gasteiger partial charge in [0, 0.05) is 10.4 Å². The Labute approximate surface area is 805 Å². The molecule has 0 aliphatic heterocycles. The van der Waals surface area contributed by atoms with Gasteiger partial charge in [-0.3, -0.25) is 38.4 Å². The molecule has 0 saturated carbocycles. The van der Waals surface area contributed by atoms with Gasteiger partial charge < -0.3 is 84.5 Å². The minimum atomic E-state index is -1.10. The van der Waals surface area contributed by atoms with Gasteiger partial charge in [0.1, 0.15) is 10.6 Å². The smallest absolute Gasteiger partial charge is 0.348 e. The molecule has 14 rings (SSSR count). The topological polar surface area (TPSA) is 501 Å². The first kappa shape index (κ1) is 108.